The Morgan fingerprint density at radius 1 is 1.11 bits per heavy atom. The highest BCUT2D eigenvalue weighted by Crippen LogP contribution is 2.22. The molecule has 0 radical (unpaired) electrons. The van der Waals surface area contributed by atoms with Gasteiger partial charge in [0.25, 0.3) is 5.91 Å². The summed E-state index contributed by atoms with van der Waals surface area (Å²) in [6, 6.07) is 8.77. The summed E-state index contributed by atoms with van der Waals surface area (Å²) in [6.45, 7) is 6.44. The van der Waals surface area contributed by atoms with Gasteiger partial charge in [0, 0.05) is 18.7 Å². The van der Waals surface area contributed by atoms with Gasteiger partial charge in [-0.1, -0.05) is 12.1 Å². The first-order chi connectivity index (χ1) is 13.4. The van der Waals surface area contributed by atoms with Gasteiger partial charge in [-0.2, -0.15) is 0 Å². The van der Waals surface area contributed by atoms with Gasteiger partial charge in [0.1, 0.15) is 0 Å². The van der Waals surface area contributed by atoms with E-state index >= 15 is 0 Å². The number of piperidine rings is 1. The number of hydrogen-bond acceptors (Lipinski definition) is 5. The van der Waals surface area contributed by atoms with Gasteiger partial charge in [-0.15, -0.1) is 0 Å². The summed E-state index contributed by atoms with van der Waals surface area (Å²) in [6.07, 6.45) is 1.65. The van der Waals surface area contributed by atoms with Crippen molar-refractivity contribution in [3.8, 4) is 0 Å². The molecule has 1 aliphatic rings. The largest absolute Gasteiger partial charge is 0.459 e. The fourth-order valence-corrected chi connectivity index (χ4v) is 3.33. The van der Waals surface area contributed by atoms with Crippen LogP contribution in [0, 0.1) is 19.8 Å². The van der Waals surface area contributed by atoms with Crippen LogP contribution >= 0.6 is 0 Å². The van der Waals surface area contributed by atoms with Gasteiger partial charge < -0.3 is 14.1 Å². The molecule has 1 amide bonds. The number of hydrogen-bond donors (Lipinski definition) is 0. The Hall–Kier alpha value is -2.89. The quantitative estimate of drug-likeness (QED) is 0.583. The number of furan rings is 1. The number of ketones is 1. The second-order valence-corrected chi connectivity index (χ2v) is 7.29. The summed E-state index contributed by atoms with van der Waals surface area (Å²) < 4.78 is 10.6. The van der Waals surface area contributed by atoms with Crippen LogP contribution in [0.3, 0.4) is 0 Å². The molecule has 0 N–H and O–H groups in total. The number of aryl methyl sites for hydroxylation is 2. The first kappa shape index (κ1) is 19.9. The van der Waals surface area contributed by atoms with E-state index in [1.807, 2.05) is 26.0 Å². The van der Waals surface area contributed by atoms with Gasteiger partial charge in [-0.3, -0.25) is 14.4 Å². The minimum Gasteiger partial charge on any atom is -0.459 e. The van der Waals surface area contributed by atoms with Gasteiger partial charge in [0.15, 0.2) is 11.9 Å². The van der Waals surface area contributed by atoms with E-state index in [2.05, 4.69) is 0 Å². The summed E-state index contributed by atoms with van der Waals surface area (Å²) in [5.41, 5.74) is 2.68. The number of Topliss-reactive ketones (excluding diaryl/α,β-unsaturated/α-hetero) is 1. The molecule has 1 aromatic heterocycles. The molecule has 0 saturated carbocycles. The molecule has 1 saturated heterocycles. The number of ether oxygens (including phenoxy) is 1. The second-order valence-electron chi connectivity index (χ2n) is 7.29. The Bertz CT molecular complexity index is 863. The lowest BCUT2D eigenvalue weighted by molar-refractivity contribution is -0.152. The average Bonchev–Trinajstić information content (AvgIpc) is 3.23. The molecule has 0 aliphatic carbocycles. The first-order valence-corrected chi connectivity index (χ1v) is 9.51. The van der Waals surface area contributed by atoms with Crippen LogP contribution in [0.1, 0.15) is 51.8 Å². The molecular formula is C22H25NO5. The zero-order valence-electron chi connectivity index (χ0n) is 16.4. The summed E-state index contributed by atoms with van der Waals surface area (Å²) in [4.78, 5) is 39.0. The van der Waals surface area contributed by atoms with Crippen molar-refractivity contribution >= 4 is 17.7 Å². The highest BCUT2D eigenvalue weighted by atomic mass is 16.5. The van der Waals surface area contributed by atoms with Gasteiger partial charge in [0.2, 0.25) is 5.78 Å². The third kappa shape index (κ3) is 4.32. The van der Waals surface area contributed by atoms with Crippen LogP contribution in [0.5, 0.6) is 0 Å². The summed E-state index contributed by atoms with van der Waals surface area (Å²) in [7, 11) is 0. The molecule has 2 aromatic rings. The van der Waals surface area contributed by atoms with Crippen LogP contribution in [-0.4, -0.2) is 41.8 Å². The van der Waals surface area contributed by atoms with Crippen molar-refractivity contribution in [1.29, 1.82) is 0 Å². The van der Waals surface area contributed by atoms with Crippen LogP contribution in [0.2, 0.25) is 0 Å². The first-order valence-electron chi connectivity index (χ1n) is 9.51. The molecule has 3 rings (SSSR count). The monoisotopic (exact) mass is 383 g/mol. The lowest BCUT2D eigenvalue weighted by Gasteiger charge is -2.30. The van der Waals surface area contributed by atoms with Gasteiger partial charge in [-0.25, -0.2) is 0 Å². The molecule has 148 valence electrons. The fraction of sp³-hybridized carbons (Fsp3) is 0.409. The molecule has 0 spiro atoms. The zero-order chi connectivity index (χ0) is 20.3. The van der Waals surface area contributed by atoms with Gasteiger partial charge in [-0.05, 0) is 62.9 Å². The molecule has 28 heavy (non-hydrogen) atoms. The highest BCUT2D eigenvalue weighted by molar-refractivity contribution is 6.00. The standard InChI is InChI=1S/C22H25NO5/c1-14-6-7-18(13-15(14)2)20(24)16(3)28-22(26)17-8-10-23(11-9-17)21(25)19-5-4-12-27-19/h4-7,12-13,16-17H,8-11H2,1-3H3. The molecule has 2 heterocycles. The second kappa shape index (κ2) is 8.42. The molecular weight excluding hydrogens is 358 g/mol. The lowest BCUT2D eigenvalue weighted by atomic mass is 9.96. The van der Waals surface area contributed by atoms with Crippen molar-refractivity contribution in [3.05, 3.63) is 59.0 Å². The van der Waals surface area contributed by atoms with Crippen LogP contribution in [0.15, 0.2) is 41.0 Å². The van der Waals surface area contributed by atoms with Crippen molar-refractivity contribution in [2.75, 3.05) is 13.1 Å². The minimum atomic E-state index is -0.836. The van der Waals surface area contributed by atoms with Crippen molar-refractivity contribution in [3.63, 3.8) is 0 Å². The molecule has 1 fully saturated rings. The molecule has 1 unspecified atom stereocenters. The third-order valence-electron chi connectivity index (χ3n) is 5.30. The number of benzene rings is 1. The number of carbonyl (C=O) groups is 3. The number of amides is 1. The maximum atomic E-state index is 12.6. The Labute approximate surface area is 164 Å². The maximum absolute atomic E-state index is 12.6. The van der Waals surface area contributed by atoms with Crippen molar-refractivity contribution in [1.82, 2.24) is 4.90 Å². The molecule has 6 nitrogen and oxygen atoms in total. The summed E-state index contributed by atoms with van der Waals surface area (Å²) in [5, 5.41) is 0. The molecule has 1 atom stereocenters. The van der Waals surface area contributed by atoms with Gasteiger partial charge in [0.05, 0.1) is 12.2 Å². The summed E-state index contributed by atoms with van der Waals surface area (Å²) >= 11 is 0. The van der Waals surface area contributed by atoms with Crippen molar-refractivity contribution < 1.29 is 23.5 Å². The van der Waals surface area contributed by atoms with E-state index in [9.17, 15) is 14.4 Å². The van der Waals surface area contributed by atoms with Crippen LogP contribution in [-0.2, 0) is 9.53 Å². The summed E-state index contributed by atoms with van der Waals surface area (Å²) in [5.74, 6) is -0.768. The van der Waals surface area contributed by atoms with Crippen LogP contribution in [0.4, 0.5) is 0 Å². The smallest absolute Gasteiger partial charge is 0.309 e. The normalized spacial score (nSPS) is 15.9. The van der Waals surface area contributed by atoms with Crippen LogP contribution < -0.4 is 0 Å². The number of carbonyl (C=O) groups excluding carboxylic acids is 3. The highest BCUT2D eigenvalue weighted by Gasteiger charge is 2.31. The van der Waals surface area contributed by atoms with Crippen LogP contribution in [0.25, 0.3) is 0 Å². The molecule has 0 bridgehead atoms. The number of nitrogens with zero attached hydrogens (tertiary/aromatic N) is 1. The van der Waals surface area contributed by atoms with E-state index in [0.29, 0.717) is 37.3 Å². The number of rotatable bonds is 5. The van der Waals surface area contributed by atoms with E-state index < -0.39 is 6.10 Å². The Balaban J connectivity index is 1.53. The molecule has 1 aliphatic heterocycles. The lowest BCUT2D eigenvalue weighted by Crippen LogP contribution is -2.41. The van der Waals surface area contributed by atoms with E-state index in [1.54, 1.807) is 30.0 Å². The number of likely N-dealkylation sites (tertiary alicyclic amines) is 1. The Morgan fingerprint density at radius 3 is 2.43 bits per heavy atom. The number of esters is 1. The van der Waals surface area contributed by atoms with E-state index in [4.69, 9.17) is 9.15 Å². The maximum Gasteiger partial charge on any atom is 0.309 e. The zero-order valence-corrected chi connectivity index (χ0v) is 16.4. The SMILES string of the molecule is Cc1ccc(C(=O)C(C)OC(=O)C2CCN(C(=O)c3ccco3)CC2)cc1C. The molecule has 6 heteroatoms. The third-order valence-corrected chi connectivity index (χ3v) is 5.30. The van der Waals surface area contributed by atoms with E-state index in [-0.39, 0.29) is 23.6 Å². The topological polar surface area (TPSA) is 76.8 Å². The van der Waals surface area contributed by atoms with Gasteiger partial charge >= 0.3 is 5.97 Å². The fourth-order valence-electron chi connectivity index (χ4n) is 3.33. The van der Waals surface area contributed by atoms with Crippen molar-refractivity contribution in [2.45, 2.75) is 39.7 Å². The molecule has 1 aromatic carbocycles. The minimum absolute atomic E-state index is 0.171. The van der Waals surface area contributed by atoms with E-state index in [1.165, 1.54) is 6.26 Å². The predicted molar refractivity (Wildman–Crippen MR) is 103 cm³/mol. The average molecular weight is 383 g/mol. The van der Waals surface area contributed by atoms with Crippen molar-refractivity contribution in [2.24, 2.45) is 5.92 Å². The van der Waals surface area contributed by atoms with E-state index in [0.717, 1.165) is 11.1 Å². The Kier molecular flexibility index (Phi) is 5.97. The Morgan fingerprint density at radius 2 is 1.82 bits per heavy atom. The predicted octanol–water partition coefficient (Wildman–Crippen LogP) is 3.56.